The largest absolute Gasteiger partial charge is 0.415 e. The van der Waals surface area contributed by atoms with Crippen LogP contribution >= 0.6 is 0 Å². The molecule has 22 nitrogen and oxygen atoms in total. The fourth-order valence-electron chi connectivity index (χ4n) is 16.6. The maximum Gasteiger partial charge on any atom is 0.415 e. The molecule has 23 heteroatoms. The van der Waals surface area contributed by atoms with Crippen molar-refractivity contribution in [1.82, 2.24) is 49.9 Å². The minimum atomic E-state index is -4.00. The van der Waals surface area contributed by atoms with Crippen molar-refractivity contribution in [2.24, 2.45) is 59.0 Å². The SMILES string of the molecule is CCCC(CC)CN(C)[C@H](C(=O)N[C@H](C(=O)N(C)[C@@H]([C@@H](C)CC)[C@@H](CC(=O)N1CCC[C@H]1[C@H](OC)[C@@H](C)C(=O)N[C@@H](Cc1ccc(OC(=O)N2CCC(Cn3nnc4c3CC(CCCN)C3CCCCCCCCC(C4)C3)CC2)cc1)C(=O)NS(=O)(=O)C1CC1)OC)C(C)C)C(C)C. The van der Waals surface area contributed by atoms with Gasteiger partial charge in [-0.3, -0.25) is 33.6 Å². The first-order valence-corrected chi connectivity index (χ1v) is 39.6. The van der Waals surface area contributed by atoms with Crippen LogP contribution < -0.4 is 25.8 Å². The summed E-state index contributed by atoms with van der Waals surface area (Å²) in [6.45, 7) is 21.7. The molecule has 4 fully saturated rings. The van der Waals surface area contributed by atoms with Gasteiger partial charge in [-0.05, 0) is 156 Å². The number of nitrogens with one attached hydrogen (secondary N) is 3. The number of aromatic nitrogens is 3. The van der Waals surface area contributed by atoms with Crippen molar-refractivity contribution in [3.8, 4) is 5.75 Å². The average molecular weight is 1390 g/mol. The molecule has 2 bridgehead atoms. The molecule has 13 atom stereocenters. The number of sulfonamides is 1. The summed E-state index contributed by atoms with van der Waals surface area (Å²) >= 11 is 0. The molecule has 7 rings (SSSR count). The van der Waals surface area contributed by atoms with E-state index < -0.39 is 81.5 Å². The number of hydrogen-bond donors (Lipinski definition) is 4. The zero-order valence-corrected chi connectivity index (χ0v) is 63.0. The van der Waals surface area contributed by atoms with Crippen LogP contribution in [0.1, 0.15) is 221 Å². The van der Waals surface area contributed by atoms with Gasteiger partial charge in [-0.15, -0.1) is 5.10 Å². The normalized spacial score (nSPS) is 22.6. The molecular formula is C75H127N11O11S. The lowest BCUT2D eigenvalue weighted by Crippen LogP contribution is -2.60. The Labute approximate surface area is 588 Å². The first-order chi connectivity index (χ1) is 46.9. The molecule has 2 saturated carbocycles. The molecule has 1 aromatic heterocycles. The Kier molecular flexibility index (Phi) is 31.6. The summed E-state index contributed by atoms with van der Waals surface area (Å²) in [5.41, 5.74) is 9.17. The van der Waals surface area contributed by atoms with Gasteiger partial charge >= 0.3 is 6.09 Å². The molecule has 0 spiro atoms. The summed E-state index contributed by atoms with van der Waals surface area (Å²) in [4.78, 5) is 93.5. The lowest BCUT2D eigenvalue weighted by molar-refractivity contribution is -0.148. The number of rotatable bonds is 34. The lowest BCUT2D eigenvalue weighted by atomic mass is 9.73. The quantitative estimate of drug-likeness (QED) is 0.0508. The van der Waals surface area contributed by atoms with Gasteiger partial charge in [0.05, 0.1) is 59.3 Å². The zero-order chi connectivity index (χ0) is 71.4. The predicted molar refractivity (Wildman–Crippen MR) is 383 cm³/mol. The molecule has 1 aromatic carbocycles. The number of amides is 6. The monoisotopic (exact) mass is 1390 g/mol. The highest BCUT2D eigenvalue weighted by molar-refractivity contribution is 7.90. The van der Waals surface area contributed by atoms with Crippen LogP contribution in [0.25, 0.3) is 0 Å². The second-order valence-electron chi connectivity index (χ2n) is 30.8. The molecular weight excluding hydrogens is 1260 g/mol. The smallest absolute Gasteiger partial charge is 0.410 e. The standard InChI is InChI=1S/C75H127N11O11S/c1-14-25-53(16-3)47-82(10)68(50(6)7)73(90)78-67(49(4)5)74(91)83(11)69(51(8)15-2)65(95-12)46-66(87)85-39-24-29-63(85)70(96-13)52(9)71(88)77-62(72(89)80-98(93,94)60-34-35-60)43-54-30-32-59(33-31-54)97-75(92)84-40-36-55(37-41-84)48-86-64-45-58(28-23-38-76)57-27-22-20-18-17-19-21-26-56(42-57)44-61(64)79-81-86/h30-33,49-53,55-58,60,62-63,65,67-70H,14-29,34-48,76H2,1-13H3,(H,77,88)(H,78,90)(H,80,89)/t51-,52+,53?,56?,57?,58?,62-,63-,65+,67-,68-,69-,70+/m0/s1. The summed E-state index contributed by atoms with van der Waals surface area (Å²) in [6.07, 6.45) is 21.2. The van der Waals surface area contributed by atoms with Gasteiger partial charge in [0.1, 0.15) is 17.8 Å². The zero-order valence-electron chi connectivity index (χ0n) is 62.2. The van der Waals surface area contributed by atoms with Crippen LogP contribution in [0.3, 0.4) is 0 Å². The van der Waals surface area contributed by atoms with Gasteiger partial charge in [0.25, 0.3) is 5.91 Å². The lowest BCUT2D eigenvalue weighted by Gasteiger charge is -2.41. The first-order valence-electron chi connectivity index (χ1n) is 38.0. The molecule has 3 heterocycles. The van der Waals surface area contributed by atoms with Crippen LogP contribution in [0.2, 0.25) is 0 Å². The second kappa shape index (κ2) is 38.7. The van der Waals surface area contributed by atoms with Gasteiger partial charge in [0.2, 0.25) is 33.7 Å². The summed E-state index contributed by atoms with van der Waals surface area (Å²) in [6, 6.07) is 2.93. The Morgan fingerprint density at radius 1 is 0.765 bits per heavy atom. The maximum atomic E-state index is 14.8. The van der Waals surface area contributed by atoms with Gasteiger partial charge < -0.3 is 45.3 Å². The highest BCUT2D eigenvalue weighted by atomic mass is 32.2. The van der Waals surface area contributed by atoms with E-state index >= 15 is 0 Å². The third-order valence-corrected chi connectivity index (χ3v) is 24.6. The average Bonchev–Trinajstić information content (AvgIpc) is 1.61. The van der Waals surface area contributed by atoms with Crippen molar-refractivity contribution in [2.75, 3.05) is 61.0 Å². The summed E-state index contributed by atoms with van der Waals surface area (Å²) < 4.78 is 49.1. The number of hydrogen-bond acceptors (Lipinski definition) is 15. The number of nitrogens with zero attached hydrogens (tertiary/aromatic N) is 7. The highest BCUT2D eigenvalue weighted by Crippen LogP contribution is 2.40. The summed E-state index contributed by atoms with van der Waals surface area (Å²) in [7, 11) is 2.74. The molecule has 2 aliphatic heterocycles. The maximum absolute atomic E-state index is 14.8. The number of nitrogens with two attached hydrogens (primary N) is 1. The van der Waals surface area contributed by atoms with Crippen molar-refractivity contribution in [1.29, 1.82) is 0 Å². The van der Waals surface area contributed by atoms with Gasteiger partial charge in [0.15, 0.2) is 0 Å². The number of likely N-dealkylation sites (N-methyl/N-ethyl adjacent to an activating group) is 2. The third-order valence-electron chi connectivity index (χ3n) is 22.8. The predicted octanol–water partition coefficient (Wildman–Crippen LogP) is 9.88. The molecule has 5 aliphatic rings. The van der Waals surface area contributed by atoms with Crippen LogP contribution in [0.15, 0.2) is 24.3 Å². The molecule has 6 amide bonds. The molecule has 2 saturated heterocycles. The Morgan fingerprint density at radius 2 is 1.45 bits per heavy atom. The molecule has 554 valence electrons. The molecule has 98 heavy (non-hydrogen) atoms. The second-order valence-corrected chi connectivity index (χ2v) is 32.7. The van der Waals surface area contributed by atoms with E-state index in [1.165, 1.54) is 76.3 Å². The number of carbonyl (C=O) groups excluding carboxylic acids is 6. The number of piperidine rings is 1. The van der Waals surface area contributed by atoms with E-state index in [2.05, 4.69) is 38.8 Å². The number of methoxy groups -OCH3 is 2. The van der Waals surface area contributed by atoms with Gasteiger partial charge in [-0.1, -0.05) is 150 Å². The van der Waals surface area contributed by atoms with Crippen LogP contribution in [0.4, 0.5) is 4.79 Å². The molecule has 3 aliphatic carbocycles. The van der Waals surface area contributed by atoms with E-state index in [-0.39, 0.29) is 48.3 Å². The topological polar surface area (TPSA) is 270 Å². The molecule has 5 N–H and O–H groups in total. The number of ether oxygens (including phenoxy) is 3. The first kappa shape index (κ1) is 80.1. The molecule has 2 aromatic rings. The molecule has 0 radical (unpaired) electrons. The molecule has 4 unspecified atom stereocenters. The van der Waals surface area contributed by atoms with Crippen molar-refractivity contribution >= 4 is 45.7 Å². The van der Waals surface area contributed by atoms with E-state index in [1.807, 2.05) is 48.6 Å². The van der Waals surface area contributed by atoms with Gasteiger partial charge in [-0.25, -0.2) is 17.9 Å². The van der Waals surface area contributed by atoms with E-state index in [4.69, 9.17) is 30.3 Å². The van der Waals surface area contributed by atoms with Crippen LogP contribution in [0, 0.1) is 53.3 Å². The number of benzene rings is 1. The van der Waals surface area contributed by atoms with Crippen LogP contribution in [0.5, 0.6) is 5.75 Å². The minimum Gasteiger partial charge on any atom is -0.410 e. The fraction of sp³-hybridized carbons (Fsp3) is 0.813. The van der Waals surface area contributed by atoms with E-state index in [0.29, 0.717) is 99.2 Å². The van der Waals surface area contributed by atoms with Crippen LogP contribution in [-0.2, 0) is 69.3 Å². The minimum absolute atomic E-state index is 0.00663. The number of likely N-dealkylation sites (tertiary alicyclic amines) is 2. The summed E-state index contributed by atoms with van der Waals surface area (Å²) in [5.74, 6) is -0.463. The van der Waals surface area contributed by atoms with Crippen molar-refractivity contribution in [2.45, 2.75) is 277 Å². The van der Waals surface area contributed by atoms with Gasteiger partial charge in [-0.2, -0.15) is 0 Å². The van der Waals surface area contributed by atoms with Crippen LogP contribution in [-0.4, -0.2) is 187 Å². The summed E-state index contributed by atoms with van der Waals surface area (Å²) in [5, 5.41) is 15.0. The van der Waals surface area contributed by atoms with Gasteiger partial charge in [0, 0.05) is 60.4 Å². The Balaban J connectivity index is 0.967. The van der Waals surface area contributed by atoms with Crippen molar-refractivity contribution in [3.05, 3.63) is 41.2 Å². The Bertz CT molecular complexity index is 2950. The Hall–Kier alpha value is -5.23. The van der Waals surface area contributed by atoms with Crippen molar-refractivity contribution < 1.29 is 51.4 Å². The highest BCUT2D eigenvalue weighted by Gasteiger charge is 2.45. The van der Waals surface area contributed by atoms with E-state index in [0.717, 1.165) is 70.9 Å². The number of fused-ring (bicyclic) bond motifs is 3. The third kappa shape index (κ3) is 22.1. The Morgan fingerprint density at radius 3 is 2.06 bits per heavy atom. The van der Waals surface area contributed by atoms with E-state index in [9.17, 15) is 37.2 Å². The number of carbonyl (C=O) groups is 6. The van der Waals surface area contributed by atoms with E-state index in [1.54, 1.807) is 60.0 Å². The van der Waals surface area contributed by atoms with Crippen molar-refractivity contribution in [3.63, 3.8) is 0 Å². The fourth-order valence-corrected chi connectivity index (χ4v) is 17.9.